The van der Waals surface area contributed by atoms with E-state index < -0.39 is 0 Å². The highest BCUT2D eigenvalue weighted by Gasteiger charge is 2.26. The average Bonchev–Trinajstić information content (AvgIpc) is 3.33. The number of aromatic nitrogens is 1. The van der Waals surface area contributed by atoms with E-state index in [1.54, 1.807) is 0 Å². The van der Waals surface area contributed by atoms with E-state index in [0.717, 1.165) is 39.3 Å². The third-order valence-corrected chi connectivity index (χ3v) is 5.55. The van der Waals surface area contributed by atoms with E-state index in [9.17, 15) is 0 Å². The average molecular weight is 396 g/mol. The van der Waals surface area contributed by atoms with Gasteiger partial charge in [0.05, 0.1) is 19.6 Å². The fourth-order valence-electron chi connectivity index (χ4n) is 3.94. The molecule has 0 unspecified atom stereocenters. The predicted molar refractivity (Wildman–Crippen MR) is 128 cm³/mol. The number of nitrogens with zero attached hydrogens (tertiary/aromatic N) is 4. The van der Waals surface area contributed by atoms with Crippen molar-refractivity contribution in [2.24, 2.45) is 0 Å². The second-order valence-electron chi connectivity index (χ2n) is 6.98. The van der Waals surface area contributed by atoms with Gasteiger partial charge in [-0.1, -0.05) is 18.2 Å². The maximum atomic E-state index is 2.40. The second-order valence-corrected chi connectivity index (χ2v) is 6.98. The minimum Gasteiger partial charge on any atom is -0.359 e. The molecular formula is C25H39N4+. The molecule has 2 rings (SSSR count). The van der Waals surface area contributed by atoms with E-state index >= 15 is 0 Å². The number of hydrogen-bond donors (Lipinski definition) is 0. The van der Waals surface area contributed by atoms with Crippen molar-refractivity contribution in [1.29, 1.82) is 0 Å². The van der Waals surface area contributed by atoms with Crippen LogP contribution in [0.2, 0.25) is 0 Å². The quantitative estimate of drug-likeness (QED) is 0.402. The normalized spacial score (nSPS) is 15.6. The van der Waals surface area contributed by atoms with Crippen molar-refractivity contribution in [2.45, 2.75) is 48.1 Å². The predicted octanol–water partition coefficient (Wildman–Crippen LogP) is 5.15. The highest BCUT2D eigenvalue weighted by atomic mass is 15.3. The SMILES string of the molecule is CCN1C(=[N+](CC)CC)C=C\C1=C/C=C/C=C/c1ccc(N(CC)CC)n1CC. The molecule has 2 heterocycles. The molecule has 0 N–H and O–H groups in total. The third-order valence-electron chi connectivity index (χ3n) is 5.55. The van der Waals surface area contributed by atoms with E-state index in [4.69, 9.17) is 0 Å². The van der Waals surface area contributed by atoms with Crippen LogP contribution in [-0.4, -0.2) is 52.6 Å². The molecule has 1 aromatic rings. The summed E-state index contributed by atoms with van der Waals surface area (Å²) in [6, 6.07) is 4.44. The maximum absolute atomic E-state index is 2.40. The number of amidine groups is 1. The van der Waals surface area contributed by atoms with E-state index in [0.29, 0.717) is 0 Å². The molecular weight excluding hydrogens is 356 g/mol. The molecule has 1 aromatic heterocycles. The number of allylic oxidation sites excluding steroid dienone is 5. The first-order chi connectivity index (χ1) is 14.1. The van der Waals surface area contributed by atoms with Gasteiger partial charge in [-0.3, -0.25) is 4.58 Å². The number of likely N-dealkylation sites (N-methyl/N-ethyl adjacent to an activating group) is 1. The largest absolute Gasteiger partial charge is 0.359 e. The van der Waals surface area contributed by atoms with Gasteiger partial charge in [0.2, 0.25) is 0 Å². The zero-order chi connectivity index (χ0) is 21.2. The molecule has 0 fully saturated rings. The van der Waals surface area contributed by atoms with Crippen molar-refractivity contribution in [1.82, 2.24) is 9.47 Å². The summed E-state index contributed by atoms with van der Waals surface area (Å²) < 4.78 is 4.77. The van der Waals surface area contributed by atoms with Gasteiger partial charge in [0.1, 0.15) is 11.5 Å². The molecule has 0 aromatic carbocycles. The van der Waals surface area contributed by atoms with Gasteiger partial charge >= 0.3 is 0 Å². The Hall–Kier alpha value is -2.49. The van der Waals surface area contributed by atoms with Crippen molar-refractivity contribution in [2.75, 3.05) is 37.6 Å². The standard InChI is InChI=1S/C25H39N4/c1-7-26(8-2)24-20-18-22(28(24)11-5)16-14-13-15-17-23-19-21-25(29(23)12-6)27(9-3)10-4/h13-21H,7-12H2,1-6H3/q+1. The van der Waals surface area contributed by atoms with Crippen molar-refractivity contribution in [3.63, 3.8) is 0 Å². The molecule has 4 nitrogen and oxygen atoms in total. The van der Waals surface area contributed by atoms with Gasteiger partial charge in [-0.25, -0.2) is 4.90 Å². The van der Waals surface area contributed by atoms with Crippen molar-refractivity contribution >= 4 is 17.7 Å². The summed E-state index contributed by atoms with van der Waals surface area (Å²) in [6.45, 7) is 19.3. The van der Waals surface area contributed by atoms with Gasteiger partial charge in [0, 0.05) is 31.4 Å². The van der Waals surface area contributed by atoms with Crippen LogP contribution >= 0.6 is 0 Å². The Labute approximate surface area is 177 Å². The summed E-state index contributed by atoms with van der Waals surface area (Å²) in [5.41, 5.74) is 2.50. The van der Waals surface area contributed by atoms with Crippen LogP contribution < -0.4 is 4.90 Å². The van der Waals surface area contributed by atoms with Crippen molar-refractivity contribution in [3.05, 3.63) is 60.0 Å². The number of rotatable bonds is 10. The fourth-order valence-corrected chi connectivity index (χ4v) is 3.94. The van der Waals surface area contributed by atoms with Crippen LogP contribution in [0, 0.1) is 0 Å². The summed E-state index contributed by atoms with van der Waals surface area (Å²) in [6.07, 6.45) is 15.2. The van der Waals surface area contributed by atoms with Crippen LogP contribution in [-0.2, 0) is 6.54 Å². The first-order valence-corrected chi connectivity index (χ1v) is 11.2. The lowest BCUT2D eigenvalue weighted by Gasteiger charge is -2.23. The third kappa shape index (κ3) is 5.31. The lowest BCUT2D eigenvalue weighted by Crippen LogP contribution is -2.33. The van der Waals surface area contributed by atoms with Crippen LogP contribution in [0.4, 0.5) is 5.82 Å². The highest BCUT2D eigenvalue weighted by molar-refractivity contribution is 5.94. The lowest BCUT2D eigenvalue weighted by molar-refractivity contribution is -0.524. The molecule has 158 valence electrons. The molecule has 0 bridgehead atoms. The zero-order valence-corrected chi connectivity index (χ0v) is 19.2. The second kappa shape index (κ2) is 11.5. The zero-order valence-electron chi connectivity index (χ0n) is 19.2. The molecule has 0 radical (unpaired) electrons. The van der Waals surface area contributed by atoms with Crippen LogP contribution in [0.5, 0.6) is 0 Å². The summed E-state index contributed by atoms with van der Waals surface area (Å²) in [7, 11) is 0. The van der Waals surface area contributed by atoms with Gasteiger partial charge in [-0.2, -0.15) is 0 Å². The monoisotopic (exact) mass is 395 g/mol. The minimum absolute atomic E-state index is 0.979. The van der Waals surface area contributed by atoms with Crippen molar-refractivity contribution < 1.29 is 4.58 Å². The highest BCUT2D eigenvalue weighted by Crippen LogP contribution is 2.20. The maximum Gasteiger partial charge on any atom is 0.277 e. The molecule has 4 heteroatoms. The summed E-state index contributed by atoms with van der Waals surface area (Å²) in [4.78, 5) is 4.77. The molecule has 0 aliphatic carbocycles. The smallest absolute Gasteiger partial charge is 0.277 e. The fraction of sp³-hybridized carbons (Fsp3) is 0.480. The first kappa shape index (κ1) is 22.8. The molecule has 29 heavy (non-hydrogen) atoms. The van der Waals surface area contributed by atoms with E-state index in [1.807, 2.05) is 0 Å². The van der Waals surface area contributed by atoms with Crippen LogP contribution in [0.1, 0.15) is 47.2 Å². The number of anilines is 1. The van der Waals surface area contributed by atoms with Crippen LogP contribution in [0.25, 0.3) is 6.08 Å². The molecule has 0 saturated carbocycles. The Morgan fingerprint density at radius 3 is 2.17 bits per heavy atom. The summed E-state index contributed by atoms with van der Waals surface area (Å²) >= 11 is 0. The molecule has 0 atom stereocenters. The van der Waals surface area contributed by atoms with E-state index in [2.05, 4.69) is 115 Å². The van der Waals surface area contributed by atoms with Crippen LogP contribution in [0.3, 0.4) is 0 Å². The Bertz CT molecular complexity index is 795. The molecule has 1 aliphatic heterocycles. The Balaban J connectivity index is 2.12. The Morgan fingerprint density at radius 1 is 0.862 bits per heavy atom. The number of hydrogen-bond acceptors (Lipinski definition) is 1. The lowest BCUT2D eigenvalue weighted by atomic mass is 10.3. The van der Waals surface area contributed by atoms with Crippen molar-refractivity contribution in [3.8, 4) is 0 Å². The minimum atomic E-state index is 0.979. The van der Waals surface area contributed by atoms with Gasteiger partial charge in [0.25, 0.3) is 5.84 Å². The first-order valence-electron chi connectivity index (χ1n) is 11.2. The molecule has 0 saturated heterocycles. The topological polar surface area (TPSA) is 14.4 Å². The Kier molecular flexibility index (Phi) is 9.04. The van der Waals surface area contributed by atoms with E-state index in [-0.39, 0.29) is 0 Å². The molecule has 0 spiro atoms. The summed E-state index contributed by atoms with van der Waals surface area (Å²) in [5.74, 6) is 2.61. The van der Waals surface area contributed by atoms with Gasteiger partial charge in [-0.05, 0) is 71.9 Å². The molecule has 1 aliphatic rings. The van der Waals surface area contributed by atoms with Crippen LogP contribution in [0.15, 0.2) is 54.3 Å². The summed E-state index contributed by atoms with van der Waals surface area (Å²) in [5, 5.41) is 0. The Morgan fingerprint density at radius 2 is 1.59 bits per heavy atom. The van der Waals surface area contributed by atoms with Gasteiger partial charge < -0.3 is 9.47 Å². The van der Waals surface area contributed by atoms with Gasteiger partial charge in [0.15, 0.2) is 0 Å². The van der Waals surface area contributed by atoms with E-state index in [1.165, 1.54) is 23.0 Å². The van der Waals surface area contributed by atoms with Gasteiger partial charge in [-0.15, -0.1) is 0 Å². The molecule has 0 amide bonds.